The molecular weight excluding hydrogens is 297 g/mol. The van der Waals surface area contributed by atoms with E-state index >= 15 is 0 Å². The van der Waals surface area contributed by atoms with Gasteiger partial charge >= 0.3 is 6.18 Å². The molecule has 0 N–H and O–H groups in total. The summed E-state index contributed by atoms with van der Waals surface area (Å²) in [6.45, 7) is 1.68. The van der Waals surface area contributed by atoms with Crippen LogP contribution >= 0.6 is 0 Å². The van der Waals surface area contributed by atoms with Gasteiger partial charge in [0.1, 0.15) is 17.0 Å². The Morgan fingerprint density at radius 1 is 1.14 bits per heavy atom. The van der Waals surface area contributed by atoms with Crippen molar-refractivity contribution in [2.75, 3.05) is 7.11 Å². The Morgan fingerprint density at radius 3 is 2.50 bits per heavy atom. The summed E-state index contributed by atoms with van der Waals surface area (Å²) >= 11 is 0. The zero-order chi connectivity index (χ0) is 15.9. The number of aryl methyl sites for hydroxylation is 1. The third-order valence-corrected chi connectivity index (χ3v) is 3.26. The van der Waals surface area contributed by atoms with Gasteiger partial charge in [0, 0.05) is 11.9 Å². The number of methoxy groups -OCH3 is 1. The molecule has 22 heavy (non-hydrogen) atoms. The van der Waals surface area contributed by atoms with Crippen molar-refractivity contribution in [3.05, 3.63) is 42.0 Å². The first-order valence-electron chi connectivity index (χ1n) is 6.32. The molecule has 3 aromatic heterocycles. The number of pyridine rings is 1. The summed E-state index contributed by atoms with van der Waals surface area (Å²) in [6.07, 6.45) is -0.471. The van der Waals surface area contributed by atoms with Crippen molar-refractivity contribution in [2.24, 2.45) is 0 Å². The lowest BCUT2D eigenvalue weighted by Gasteiger charge is -2.07. The van der Waals surface area contributed by atoms with Gasteiger partial charge in [0.15, 0.2) is 0 Å². The predicted molar refractivity (Wildman–Crippen MR) is 72.5 cm³/mol. The molecule has 0 unspecified atom stereocenters. The topological polar surface area (TPSA) is 52.3 Å². The molecule has 0 aromatic carbocycles. The lowest BCUT2D eigenvalue weighted by atomic mass is 10.2. The molecule has 0 aliphatic rings. The summed E-state index contributed by atoms with van der Waals surface area (Å²) in [4.78, 5) is 12.5. The van der Waals surface area contributed by atoms with Crippen LogP contribution in [0.15, 0.2) is 30.7 Å². The van der Waals surface area contributed by atoms with E-state index in [0.29, 0.717) is 28.6 Å². The second-order valence-electron chi connectivity index (χ2n) is 4.63. The van der Waals surface area contributed by atoms with E-state index in [1.165, 1.54) is 30.0 Å². The zero-order valence-corrected chi connectivity index (χ0v) is 11.7. The van der Waals surface area contributed by atoms with Gasteiger partial charge in [-0.15, -0.1) is 0 Å². The van der Waals surface area contributed by atoms with E-state index in [0.717, 1.165) is 12.3 Å². The molecule has 0 radical (unpaired) electrons. The first-order chi connectivity index (χ1) is 10.4. The Balaban J connectivity index is 2.13. The minimum atomic E-state index is -4.40. The molecule has 114 valence electrons. The summed E-state index contributed by atoms with van der Waals surface area (Å²) < 4.78 is 44.7. The largest absolute Gasteiger partial charge is 0.480 e. The van der Waals surface area contributed by atoms with Gasteiger partial charge in [0.2, 0.25) is 5.88 Å². The highest BCUT2D eigenvalue weighted by molar-refractivity contribution is 5.62. The highest BCUT2D eigenvalue weighted by Gasteiger charge is 2.31. The minimum Gasteiger partial charge on any atom is -0.480 e. The van der Waals surface area contributed by atoms with E-state index in [2.05, 4.69) is 15.0 Å². The molecular formula is C14H11F3N4O. The standard InChI is InChI=1S/C14H11F3N4O/c1-8-13(10-5-19-12(22-2)6-18-10)20-11-4-3-9(7-21(8)11)14(15,16)17/h3-7H,1-2H3. The maximum absolute atomic E-state index is 12.8. The van der Waals surface area contributed by atoms with Crippen molar-refractivity contribution >= 4 is 5.65 Å². The Bertz CT molecular complexity index is 824. The van der Waals surface area contributed by atoms with Crippen LogP contribution in [0.5, 0.6) is 5.88 Å². The third kappa shape index (κ3) is 2.36. The van der Waals surface area contributed by atoms with Crippen LogP contribution < -0.4 is 4.74 Å². The summed E-state index contributed by atoms with van der Waals surface area (Å²) in [5.74, 6) is 0.351. The van der Waals surface area contributed by atoms with Gasteiger partial charge in [-0.25, -0.2) is 15.0 Å². The van der Waals surface area contributed by atoms with Crippen LogP contribution in [-0.2, 0) is 6.18 Å². The van der Waals surface area contributed by atoms with Gasteiger partial charge in [-0.3, -0.25) is 0 Å². The van der Waals surface area contributed by atoms with E-state index in [9.17, 15) is 13.2 Å². The Hall–Kier alpha value is -2.64. The molecule has 3 heterocycles. The zero-order valence-electron chi connectivity index (χ0n) is 11.7. The molecule has 3 rings (SSSR count). The highest BCUT2D eigenvalue weighted by atomic mass is 19.4. The van der Waals surface area contributed by atoms with Crippen LogP contribution in [0.1, 0.15) is 11.3 Å². The summed E-state index contributed by atoms with van der Waals surface area (Å²) in [6, 6.07) is 2.33. The lowest BCUT2D eigenvalue weighted by molar-refractivity contribution is -0.137. The van der Waals surface area contributed by atoms with E-state index < -0.39 is 11.7 Å². The molecule has 0 bridgehead atoms. The van der Waals surface area contributed by atoms with Crippen LogP contribution in [0, 0.1) is 6.92 Å². The third-order valence-electron chi connectivity index (χ3n) is 3.26. The van der Waals surface area contributed by atoms with Gasteiger partial charge < -0.3 is 9.14 Å². The van der Waals surface area contributed by atoms with Crippen LogP contribution in [-0.4, -0.2) is 26.5 Å². The number of aromatic nitrogens is 4. The quantitative estimate of drug-likeness (QED) is 0.730. The molecule has 0 saturated heterocycles. The maximum Gasteiger partial charge on any atom is 0.417 e. The van der Waals surface area contributed by atoms with Gasteiger partial charge in [-0.05, 0) is 19.1 Å². The maximum atomic E-state index is 12.8. The van der Waals surface area contributed by atoms with Crippen molar-refractivity contribution in [3.8, 4) is 17.3 Å². The van der Waals surface area contributed by atoms with Crippen molar-refractivity contribution in [3.63, 3.8) is 0 Å². The van der Waals surface area contributed by atoms with Crippen LogP contribution in [0.2, 0.25) is 0 Å². The molecule has 0 saturated carbocycles. The number of fused-ring (bicyclic) bond motifs is 1. The van der Waals surface area contributed by atoms with Crippen molar-refractivity contribution in [2.45, 2.75) is 13.1 Å². The Kier molecular flexibility index (Phi) is 3.23. The normalized spacial score (nSPS) is 11.9. The van der Waals surface area contributed by atoms with Gasteiger partial charge in [-0.2, -0.15) is 13.2 Å². The van der Waals surface area contributed by atoms with Crippen molar-refractivity contribution in [1.82, 2.24) is 19.4 Å². The van der Waals surface area contributed by atoms with Gasteiger partial charge in [0.05, 0.1) is 25.1 Å². The number of hydrogen-bond acceptors (Lipinski definition) is 4. The van der Waals surface area contributed by atoms with Crippen molar-refractivity contribution < 1.29 is 17.9 Å². The second-order valence-corrected chi connectivity index (χ2v) is 4.63. The second kappa shape index (κ2) is 4.97. The number of alkyl halides is 3. The van der Waals surface area contributed by atoms with E-state index in [-0.39, 0.29) is 0 Å². The number of nitrogens with zero attached hydrogens (tertiary/aromatic N) is 4. The summed E-state index contributed by atoms with van der Waals surface area (Å²) in [5, 5.41) is 0. The molecule has 0 spiro atoms. The molecule has 0 amide bonds. The molecule has 0 aliphatic carbocycles. The summed E-state index contributed by atoms with van der Waals surface area (Å²) in [7, 11) is 1.47. The predicted octanol–water partition coefficient (Wildman–Crippen LogP) is 3.13. The Labute approximate surface area is 123 Å². The average molecular weight is 308 g/mol. The number of imidazole rings is 1. The minimum absolute atomic E-state index is 0.351. The van der Waals surface area contributed by atoms with E-state index in [4.69, 9.17) is 4.74 Å². The van der Waals surface area contributed by atoms with E-state index in [1.807, 2.05) is 0 Å². The molecule has 0 atom stereocenters. The number of rotatable bonds is 2. The molecule has 8 heteroatoms. The monoisotopic (exact) mass is 308 g/mol. The number of halogens is 3. The average Bonchev–Trinajstić information content (AvgIpc) is 2.83. The van der Waals surface area contributed by atoms with Gasteiger partial charge in [0.25, 0.3) is 0 Å². The molecule has 5 nitrogen and oxygen atoms in total. The SMILES string of the molecule is COc1cnc(-c2nc3ccc(C(F)(F)F)cn3c2C)cn1. The van der Waals surface area contributed by atoms with Crippen LogP contribution in [0.25, 0.3) is 17.0 Å². The Morgan fingerprint density at radius 2 is 1.91 bits per heavy atom. The summed E-state index contributed by atoms with van der Waals surface area (Å²) in [5.41, 5.74) is 1.19. The van der Waals surface area contributed by atoms with Crippen molar-refractivity contribution in [1.29, 1.82) is 0 Å². The van der Waals surface area contributed by atoms with Crippen LogP contribution in [0.3, 0.4) is 0 Å². The lowest BCUT2D eigenvalue weighted by Crippen LogP contribution is -2.06. The van der Waals surface area contributed by atoms with Gasteiger partial charge in [-0.1, -0.05) is 0 Å². The fourth-order valence-corrected chi connectivity index (χ4v) is 2.12. The first kappa shape index (κ1) is 14.3. The van der Waals surface area contributed by atoms with Crippen LogP contribution in [0.4, 0.5) is 13.2 Å². The fraction of sp³-hybridized carbons (Fsp3) is 0.214. The smallest absolute Gasteiger partial charge is 0.417 e. The molecule has 3 aromatic rings. The molecule has 0 fully saturated rings. The first-order valence-corrected chi connectivity index (χ1v) is 6.32. The number of ether oxygens (including phenoxy) is 1. The molecule has 0 aliphatic heterocycles. The highest BCUT2D eigenvalue weighted by Crippen LogP contribution is 2.30. The number of hydrogen-bond donors (Lipinski definition) is 0. The fourth-order valence-electron chi connectivity index (χ4n) is 2.12. The van der Waals surface area contributed by atoms with E-state index in [1.54, 1.807) is 6.92 Å².